The van der Waals surface area contributed by atoms with E-state index in [0.717, 1.165) is 5.57 Å². The van der Waals surface area contributed by atoms with E-state index in [2.05, 4.69) is 0 Å². The fourth-order valence-corrected chi connectivity index (χ4v) is 1.46. The minimum Gasteiger partial charge on any atom is -0.509 e. The standard InChI is InChI=1S/C12H17O2.U/c1-8(2)4-5-10-6-11(13)9(3)12(14)7-10;/h3-5,11-14H,6-7H2,1-2H3;/q-1;/t11-,12-;/m1./s1. The van der Waals surface area contributed by atoms with E-state index in [1.807, 2.05) is 26.0 Å². The molecule has 2 nitrogen and oxygen atoms in total. The van der Waals surface area contributed by atoms with Crippen molar-refractivity contribution >= 4 is 0 Å². The fraction of sp³-hybridized carbons (Fsp3) is 0.500. The predicted octanol–water partition coefficient (Wildman–Crippen LogP) is 1.75. The van der Waals surface area contributed by atoms with Crippen molar-refractivity contribution in [3.63, 3.8) is 0 Å². The first-order chi connectivity index (χ1) is 6.50. The van der Waals surface area contributed by atoms with Crippen LogP contribution in [0.15, 0.2) is 28.9 Å². The van der Waals surface area contributed by atoms with Gasteiger partial charge in [0.15, 0.2) is 0 Å². The Morgan fingerprint density at radius 1 is 1.27 bits per heavy atom. The van der Waals surface area contributed by atoms with E-state index in [-0.39, 0.29) is 31.1 Å². The molecule has 1 rings (SSSR count). The zero-order valence-electron chi connectivity index (χ0n) is 9.20. The van der Waals surface area contributed by atoms with Gasteiger partial charge in [0.25, 0.3) is 0 Å². The summed E-state index contributed by atoms with van der Waals surface area (Å²) in [5.74, 6) is 0. The van der Waals surface area contributed by atoms with Gasteiger partial charge >= 0.3 is 0 Å². The molecule has 1 saturated carbocycles. The van der Waals surface area contributed by atoms with Gasteiger partial charge in [-0.2, -0.15) is 0 Å². The molecule has 0 aromatic carbocycles. The summed E-state index contributed by atoms with van der Waals surface area (Å²) in [7, 11) is 0. The molecule has 0 aromatic rings. The largest absolute Gasteiger partial charge is 0.509 e. The normalized spacial score (nSPS) is 25.6. The Hall–Kier alpha value is 0.192. The van der Waals surface area contributed by atoms with Gasteiger partial charge in [0.1, 0.15) is 0 Å². The minimum atomic E-state index is -0.699. The van der Waals surface area contributed by atoms with Crippen molar-refractivity contribution in [3.8, 4) is 0 Å². The van der Waals surface area contributed by atoms with Gasteiger partial charge in [-0.15, -0.1) is 0 Å². The molecule has 0 aromatic heterocycles. The van der Waals surface area contributed by atoms with Crippen LogP contribution in [0, 0.1) is 37.7 Å². The Kier molecular flexibility index (Phi) is 6.79. The van der Waals surface area contributed by atoms with Crippen LogP contribution in [-0.2, 0) is 0 Å². The van der Waals surface area contributed by atoms with Gasteiger partial charge in [0.2, 0.25) is 0 Å². The number of rotatable bonds is 1. The first-order valence-corrected chi connectivity index (χ1v) is 4.82. The maximum Gasteiger partial charge on any atom is 0.0493 e. The number of hydrogen-bond donors (Lipinski definition) is 2. The Bertz CT molecular complexity index is 272. The fourth-order valence-electron chi connectivity index (χ4n) is 1.46. The Labute approximate surface area is 115 Å². The van der Waals surface area contributed by atoms with E-state index in [4.69, 9.17) is 6.58 Å². The molecule has 1 fully saturated rings. The molecule has 15 heavy (non-hydrogen) atoms. The Morgan fingerprint density at radius 2 is 1.73 bits per heavy atom. The molecular formula is C12H17O2U-. The van der Waals surface area contributed by atoms with Gasteiger partial charge in [-0.05, 0) is 26.7 Å². The van der Waals surface area contributed by atoms with Crippen LogP contribution in [0.4, 0.5) is 0 Å². The van der Waals surface area contributed by atoms with Crippen LogP contribution in [0.5, 0.6) is 0 Å². The van der Waals surface area contributed by atoms with E-state index < -0.39 is 12.2 Å². The quantitative estimate of drug-likeness (QED) is 0.622. The Morgan fingerprint density at radius 3 is 2.13 bits per heavy atom. The van der Waals surface area contributed by atoms with Crippen LogP contribution in [0.2, 0.25) is 0 Å². The number of aliphatic hydroxyl groups is 2. The molecule has 0 spiro atoms. The van der Waals surface area contributed by atoms with Crippen molar-refractivity contribution in [3.05, 3.63) is 35.5 Å². The van der Waals surface area contributed by atoms with Crippen LogP contribution in [-0.4, -0.2) is 22.4 Å². The van der Waals surface area contributed by atoms with Crippen LogP contribution in [0.3, 0.4) is 0 Å². The molecule has 1 aliphatic carbocycles. The molecule has 1 aliphatic rings. The number of hydrogen-bond acceptors (Lipinski definition) is 2. The van der Waals surface area contributed by atoms with Crippen molar-refractivity contribution in [2.24, 2.45) is 0 Å². The molecule has 3 heteroatoms. The maximum atomic E-state index is 9.50. The third-order valence-electron chi connectivity index (χ3n) is 2.33. The number of allylic oxidation sites excluding steroid dienone is 3. The van der Waals surface area contributed by atoms with E-state index in [9.17, 15) is 10.2 Å². The first kappa shape index (κ1) is 15.2. The van der Waals surface area contributed by atoms with Crippen molar-refractivity contribution in [2.75, 3.05) is 0 Å². The van der Waals surface area contributed by atoms with Crippen LogP contribution < -0.4 is 0 Å². The molecular weight excluding hydrogens is 414 g/mol. The van der Waals surface area contributed by atoms with Gasteiger partial charge in [0.05, 0.1) is 0 Å². The summed E-state index contributed by atoms with van der Waals surface area (Å²) < 4.78 is 0. The monoisotopic (exact) mass is 431 g/mol. The zero-order valence-corrected chi connectivity index (χ0v) is 13.4. The third kappa shape index (κ3) is 4.70. The summed E-state index contributed by atoms with van der Waals surface area (Å²) >= 11 is 0. The van der Waals surface area contributed by atoms with Crippen LogP contribution >= 0.6 is 0 Å². The van der Waals surface area contributed by atoms with Crippen molar-refractivity contribution in [1.29, 1.82) is 0 Å². The summed E-state index contributed by atoms with van der Waals surface area (Å²) in [4.78, 5) is 0. The van der Waals surface area contributed by atoms with Crippen LogP contribution in [0.1, 0.15) is 26.7 Å². The zero-order chi connectivity index (χ0) is 10.7. The summed E-state index contributed by atoms with van der Waals surface area (Å²) in [6.07, 6.45) is 3.61. The summed E-state index contributed by atoms with van der Waals surface area (Å²) in [5, 5.41) is 19.0. The van der Waals surface area contributed by atoms with Gasteiger partial charge < -0.3 is 16.8 Å². The molecule has 0 bridgehead atoms. The molecule has 2 atom stereocenters. The maximum absolute atomic E-state index is 9.50. The van der Waals surface area contributed by atoms with E-state index in [1.165, 1.54) is 5.57 Å². The molecule has 0 unspecified atom stereocenters. The van der Waals surface area contributed by atoms with E-state index >= 15 is 0 Å². The SMILES string of the molecule is [CH-]=C1[C@H](O)CC(=CC=C(C)C)C[C@H]1O.[U]. The van der Waals surface area contributed by atoms with Gasteiger partial charge in [-0.25, -0.2) is 5.57 Å². The molecule has 82 valence electrons. The average molecular weight is 431 g/mol. The van der Waals surface area contributed by atoms with Crippen molar-refractivity contribution in [2.45, 2.75) is 38.9 Å². The minimum absolute atomic E-state index is 0. The van der Waals surface area contributed by atoms with Gasteiger partial charge in [-0.3, -0.25) is 0 Å². The molecule has 0 aliphatic heterocycles. The molecule has 2 N–H and O–H groups in total. The average Bonchev–Trinajstić information content (AvgIpc) is 2.10. The second-order valence-electron chi connectivity index (χ2n) is 4.01. The molecule has 0 amide bonds. The van der Waals surface area contributed by atoms with Gasteiger partial charge in [0, 0.05) is 43.3 Å². The van der Waals surface area contributed by atoms with E-state index in [0.29, 0.717) is 18.4 Å². The Balaban J connectivity index is 0.00000196. The van der Waals surface area contributed by atoms with E-state index in [1.54, 1.807) is 0 Å². The third-order valence-corrected chi connectivity index (χ3v) is 2.33. The smallest absolute Gasteiger partial charge is 0.0493 e. The molecule has 0 saturated heterocycles. The molecule has 0 radical (unpaired) electrons. The van der Waals surface area contributed by atoms with Crippen LogP contribution in [0.25, 0.3) is 0 Å². The summed E-state index contributed by atoms with van der Waals surface area (Å²) in [6, 6.07) is 0. The first-order valence-electron chi connectivity index (χ1n) is 4.82. The van der Waals surface area contributed by atoms with Crippen molar-refractivity contribution < 1.29 is 41.3 Å². The number of aliphatic hydroxyl groups excluding tert-OH is 2. The topological polar surface area (TPSA) is 40.5 Å². The predicted molar refractivity (Wildman–Crippen MR) is 56.6 cm³/mol. The second kappa shape index (κ2) is 6.71. The van der Waals surface area contributed by atoms with Crippen molar-refractivity contribution in [1.82, 2.24) is 0 Å². The van der Waals surface area contributed by atoms with Gasteiger partial charge in [-0.1, -0.05) is 23.3 Å². The summed E-state index contributed by atoms with van der Waals surface area (Å²) in [5.41, 5.74) is 2.53. The second-order valence-corrected chi connectivity index (χ2v) is 4.01. The molecule has 0 heterocycles. The summed E-state index contributed by atoms with van der Waals surface area (Å²) in [6.45, 7) is 9.53.